The van der Waals surface area contributed by atoms with Crippen molar-refractivity contribution in [1.82, 2.24) is 9.88 Å². The Bertz CT molecular complexity index is 597. The lowest BCUT2D eigenvalue weighted by molar-refractivity contribution is 0.413. The molecule has 0 saturated heterocycles. The molecule has 102 valence electrons. The molecular formula is C16H18N4. The zero-order chi connectivity index (χ0) is 14.4. The standard InChI is InChI=1S/C16H18N4/c1-20(2)11-9-13-5-7-15(8-6-13)19-16-14(12-17)4-3-10-18-16/h3-8,10H,9,11H2,1-2H3,(H,18,19). The van der Waals surface area contributed by atoms with Crippen LogP contribution in [0.4, 0.5) is 11.5 Å². The van der Waals surface area contributed by atoms with Crippen LogP contribution in [0, 0.1) is 11.3 Å². The maximum atomic E-state index is 9.03. The largest absolute Gasteiger partial charge is 0.339 e. The smallest absolute Gasteiger partial charge is 0.148 e. The van der Waals surface area contributed by atoms with Gasteiger partial charge in [-0.25, -0.2) is 4.98 Å². The second-order valence-electron chi connectivity index (χ2n) is 4.89. The van der Waals surface area contributed by atoms with Gasteiger partial charge in [-0.3, -0.25) is 0 Å². The Balaban J connectivity index is 2.05. The first-order valence-corrected chi connectivity index (χ1v) is 6.55. The van der Waals surface area contributed by atoms with E-state index >= 15 is 0 Å². The number of pyridine rings is 1. The van der Waals surface area contributed by atoms with Gasteiger partial charge in [0.05, 0.1) is 5.56 Å². The van der Waals surface area contributed by atoms with Gasteiger partial charge in [-0.2, -0.15) is 5.26 Å². The van der Waals surface area contributed by atoms with Crippen LogP contribution in [0.1, 0.15) is 11.1 Å². The van der Waals surface area contributed by atoms with Crippen molar-refractivity contribution in [3.63, 3.8) is 0 Å². The minimum Gasteiger partial charge on any atom is -0.339 e. The Labute approximate surface area is 119 Å². The summed E-state index contributed by atoms with van der Waals surface area (Å²) in [6.07, 6.45) is 2.70. The Morgan fingerprint density at radius 3 is 2.60 bits per heavy atom. The average Bonchev–Trinajstić information content (AvgIpc) is 2.47. The zero-order valence-electron chi connectivity index (χ0n) is 11.8. The fourth-order valence-corrected chi connectivity index (χ4v) is 1.84. The Hall–Kier alpha value is -2.38. The van der Waals surface area contributed by atoms with Crippen LogP contribution in [-0.4, -0.2) is 30.5 Å². The Morgan fingerprint density at radius 2 is 1.95 bits per heavy atom. The lowest BCUT2D eigenvalue weighted by Gasteiger charge is -2.10. The van der Waals surface area contributed by atoms with E-state index in [1.54, 1.807) is 18.3 Å². The molecule has 1 aromatic carbocycles. The van der Waals surface area contributed by atoms with Crippen LogP contribution in [0.2, 0.25) is 0 Å². The normalized spacial score (nSPS) is 10.3. The van der Waals surface area contributed by atoms with Crippen molar-refractivity contribution in [3.05, 3.63) is 53.7 Å². The summed E-state index contributed by atoms with van der Waals surface area (Å²) in [5, 5.41) is 12.2. The van der Waals surface area contributed by atoms with Gasteiger partial charge in [-0.15, -0.1) is 0 Å². The van der Waals surface area contributed by atoms with Crippen molar-refractivity contribution < 1.29 is 0 Å². The summed E-state index contributed by atoms with van der Waals surface area (Å²) < 4.78 is 0. The van der Waals surface area contributed by atoms with E-state index in [2.05, 4.69) is 47.5 Å². The van der Waals surface area contributed by atoms with Crippen LogP contribution < -0.4 is 5.32 Å². The van der Waals surface area contributed by atoms with Crippen LogP contribution in [-0.2, 0) is 6.42 Å². The molecule has 0 bridgehead atoms. The number of rotatable bonds is 5. The molecule has 0 atom stereocenters. The van der Waals surface area contributed by atoms with Gasteiger partial charge in [0.15, 0.2) is 0 Å². The number of likely N-dealkylation sites (N-methyl/N-ethyl adjacent to an activating group) is 1. The Morgan fingerprint density at radius 1 is 1.20 bits per heavy atom. The fourth-order valence-electron chi connectivity index (χ4n) is 1.84. The topological polar surface area (TPSA) is 52.0 Å². The van der Waals surface area contributed by atoms with Crippen LogP contribution in [0.5, 0.6) is 0 Å². The summed E-state index contributed by atoms with van der Waals surface area (Å²) in [5.74, 6) is 0.594. The molecule has 0 unspecified atom stereocenters. The van der Waals surface area contributed by atoms with Gasteiger partial charge in [0.1, 0.15) is 11.9 Å². The molecule has 0 aliphatic heterocycles. The number of benzene rings is 1. The highest BCUT2D eigenvalue weighted by molar-refractivity contribution is 5.62. The molecule has 2 aromatic rings. The van der Waals surface area contributed by atoms with Crippen LogP contribution in [0.3, 0.4) is 0 Å². The average molecular weight is 266 g/mol. The quantitative estimate of drug-likeness (QED) is 0.904. The number of nitriles is 1. The van der Waals surface area contributed by atoms with Crippen molar-refractivity contribution in [2.75, 3.05) is 26.0 Å². The lowest BCUT2D eigenvalue weighted by atomic mass is 10.1. The molecule has 1 N–H and O–H groups in total. The van der Waals surface area contributed by atoms with E-state index in [-0.39, 0.29) is 0 Å². The minimum absolute atomic E-state index is 0.546. The first-order chi connectivity index (χ1) is 9.69. The molecule has 4 nitrogen and oxygen atoms in total. The third kappa shape index (κ3) is 3.81. The molecule has 0 aliphatic carbocycles. The van der Waals surface area contributed by atoms with Crippen LogP contribution in [0.25, 0.3) is 0 Å². The number of aromatic nitrogens is 1. The monoisotopic (exact) mass is 266 g/mol. The van der Waals surface area contributed by atoms with Crippen molar-refractivity contribution in [2.24, 2.45) is 0 Å². The molecule has 0 aliphatic rings. The van der Waals surface area contributed by atoms with E-state index in [0.717, 1.165) is 18.7 Å². The number of nitrogens with one attached hydrogen (secondary N) is 1. The molecule has 0 saturated carbocycles. The second kappa shape index (κ2) is 6.69. The lowest BCUT2D eigenvalue weighted by Crippen LogP contribution is -2.14. The van der Waals surface area contributed by atoms with Crippen molar-refractivity contribution in [2.45, 2.75) is 6.42 Å². The van der Waals surface area contributed by atoms with Gasteiger partial charge < -0.3 is 10.2 Å². The number of hydrogen-bond acceptors (Lipinski definition) is 4. The van der Waals surface area contributed by atoms with Gasteiger partial charge in [0.2, 0.25) is 0 Å². The molecule has 0 radical (unpaired) electrons. The van der Waals surface area contributed by atoms with Crippen LogP contribution in [0.15, 0.2) is 42.6 Å². The SMILES string of the molecule is CN(C)CCc1ccc(Nc2ncccc2C#N)cc1. The summed E-state index contributed by atoms with van der Waals surface area (Å²) in [5.41, 5.74) is 2.78. The molecule has 4 heteroatoms. The summed E-state index contributed by atoms with van der Waals surface area (Å²) >= 11 is 0. The zero-order valence-corrected chi connectivity index (χ0v) is 11.8. The number of hydrogen-bond donors (Lipinski definition) is 1. The molecule has 1 heterocycles. The van der Waals surface area contributed by atoms with E-state index in [1.165, 1.54) is 5.56 Å². The van der Waals surface area contributed by atoms with E-state index < -0.39 is 0 Å². The first-order valence-electron chi connectivity index (χ1n) is 6.55. The first kappa shape index (κ1) is 14.0. The van der Waals surface area contributed by atoms with Gasteiger partial charge in [0.25, 0.3) is 0 Å². The molecular weight excluding hydrogens is 248 g/mol. The maximum absolute atomic E-state index is 9.03. The molecule has 0 spiro atoms. The number of nitrogens with zero attached hydrogens (tertiary/aromatic N) is 3. The maximum Gasteiger partial charge on any atom is 0.148 e. The number of anilines is 2. The van der Waals surface area contributed by atoms with Crippen molar-refractivity contribution >= 4 is 11.5 Å². The van der Waals surface area contributed by atoms with E-state index in [1.807, 2.05) is 12.1 Å². The van der Waals surface area contributed by atoms with Gasteiger partial charge in [-0.05, 0) is 50.3 Å². The van der Waals surface area contributed by atoms with Crippen molar-refractivity contribution in [1.29, 1.82) is 5.26 Å². The predicted molar refractivity (Wildman–Crippen MR) is 80.9 cm³/mol. The summed E-state index contributed by atoms with van der Waals surface area (Å²) in [4.78, 5) is 6.35. The van der Waals surface area contributed by atoms with Gasteiger partial charge in [-0.1, -0.05) is 12.1 Å². The van der Waals surface area contributed by atoms with Crippen LogP contribution >= 0.6 is 0 Å². The second-order valence-corrected chi connectivity index (χ2v) is 4.89. The molecule has 0 amide bonds. The highest BCUT2D eigenvalue weighted by Gasteiger charge is 2.02. The highest BCUT2D eigenvalue weighted by Crippen LogP contribution is 2.18. The summed E-state index contributed by atoms with van der Waals surface area (Å²) in [6.45, 7) is 1.03. The fraction of sp³-hybridized carbons (Fsp3) is 0.250. The molecule has 20 heavy (non-hydrogen) atoms. The van der Waals surface area contributed by atoms with E-state index in [0.29, 0.717) is 11.4 Å². The third-order valence-electron chi connectivity index (χ3n) is 2.99. The van der Waals surface area contributed by atoms with Gasteiger partial charge in [0, 0.05) is 18.4 Å². The van der Waals surface area contributed by atoms with E-state index in [4.69, 9.17) is 5.26 Å². The predicted octanol–water partition coefficient (Wildman–Crippen LogP) is 2.80. The summed E-state index contributed by atoms with van der Waals surface area (Å²) in [7, 11) is 4.14. The molecule has 2 rings (SSSR count). The Kier molecular flexibility index (Phi) is 4.70. The minimum atomic E-state index is 0.546. The summed E-state index contributed by atoms with van der Waals surface area (Å²) in [6, 6.07) is 13.9. The molecule has 0 fully saturated rings. The third-order valence-corrected chi connectivity index (χ3v) is 2.99. The van der Waals surface area contributed by atoms with Crippen molar-refractivity contribution in [3.8, 4) is 6.07 Å². The van der Waals surface area contributed by atoms with E-state index in [9.17, 15) is 0 Å². The molecule has 1 aromatic heterocycles. The van der Waals surface area contributed by atoms with Gasteiger partial charge >= 0.3 is 0 Å². The highest BCUT2D eigenvalue weighted by atomic mass is 15.0.